The second kappa shape index (κ2) is 3.81. The topological polar surface area (TPSA) is 56.2 Å². The molecule has 0 spiro atoms. The summed E-state index contributed by atoms with van der Waals surface area (Å²) >= 11 is 0. The highest BCUT2D eigenvalue weighted by molar-refractivity contribution is 5.35. The van der Waals surface area contributed by atoms with Gasteiger partial charge < -0.3 is 5.73 Å². The van der Waals surface area contributed by atoms with E-state index >= 15 is 0 Å². The van der Waals surface area contributed by atoms with Crippen LogP contribution >= 0.6 is 0 Å². The molecule has 90 valence electrons. The predicted octanol–water partition coefficient (Wildman–Crippen LogP) is 1.72. The molecule has 0 amide bonds. The average molecular weight is 230 g/mol. The molecule has 1 saturated carbocycles. The van der Waals surface area contributed by atoms with E-state index in [0.717, 1.165) is 30.7 Å². The maximum Gasteiger partial charge on any atom is 0.234 e. The molecule has 0 aliphatic heterocycles. The van der Waals surface area contributed by atoms with Crippen LogP contribution in [-0.2, 0) is 12.8 Å². The number of nitrogens with two attached hydrogens (primary N) is 1. The lowest BCUT2D eigenvalue weighted by molar-refractivity contribution is 0.599. The molecule has 0 radical (unpaired) electrons. The molecule has 4 heteroatoms. The van der Waals surface area contributed by atoms with Crippen molar-refractivity contribution in [2.75, 3.05) is 0 Å². The minimum Gasteiger partial charge on any atom is -0.325 e. The standard InChI is InChI=1S/C13H18N4/c1-2-10-11(4-5-13(14)6-7-13)17-9-3-8-15-12(17)16-10/h3,8-9H,2,4-7,14H2,1H3. The number of rotatable bonds is 4. The van der Waals surface area contributed by atoms with Crippen molar-refractivity contribution in [2.45, 2.75) is 44.6 Å². The molecule has 3 rings (SSSR count). The van der Waals surface area contributed by atoms with Crippen LogP contribution in [0.2, 0.25) is 0 Å². The summed E-state index contributed by atoms with van der Waals surface area (Å²) in [5.41, 5.74) is 8.71. The van der Waals surface area contributed by atoms with Crippen LogP contribution in [0.25, 0.3) is 5.78 Å². The molecular weight excluding hydrogens is 212 g/mol. The lowest BCUT2D eigenvalue weighted by Crippen LogP contribution is -2.22. The number of aryl methyl sites for hydroxylation is 2. The van der Waals surface area contributed by atoms with Crippen LogP contribution in [0.3, 0.4) is 0 Å². The summed E-state index contributed by atoms with van der Waals surface area (Å²) in [7, 11) is 0. The average Bonchev–Trinajstić information content (AvgIpc) is 2.97. The summed E-state index contributed by atoms with van der Waals surface area (Å²) in [5.74, 6) is 0.807. The maximum absolute atomic E-state index is 6.15. The summed E-state index contributed by atoms with van der Waals surface area (Å²) in [6, 6.07) is 1.95. The Kier molecular flexibility index (Phi) is 2.40. The van der Waals surface area contributed by atoms with Crippen molar-refractivity contribution < 1.29 is 0 Å². The van der Waals surface area contributed by atoms with Crippen molar-refractivity contribution in [1.29, 1.82) is 0 Å². The third-order valence-corrected chi connectivity index (χ3v) is 3.67. The number of hydrogen-bond donors (Lipinski definition) is 1. The Labute approximate surface area is 101 Å². The van der Waals surface area contributed by atoms with Crippen LogP contribution in [0.5, 0.6) is 0 Å². The lowest BCUT2D eigenvalue weighted by atomic mass is 10.1. The first-order valence-electron chi connectivity index (χ1n) is 6.31. The van der Waals surface area contributed by atoms with Crippen molar-refractivity contribution in [3.05, 3.63) is 29.8 Å². The molecule has 0 saturated heterocycles. The fourth-order valence-corrected chi connectivity index (χ4v) is 2.31. The van der Waals surface area contributed by atoms with Gasteiger partial charge in [0.05, 0.1) is 5.69 Å². The molecule has 2 aromatic heterocycles. The van der Waals surface area contributed by atoms with Gasteiger partial charge in [-0.3, -0.25) is 4.40 Å². The Morgan fingerprint density at radius 2 is 2.29 bits per heavy atom. The normalized spacial score (nSPS) is 17.5. The molecule has 2 heterocycles. The van der Waals surface area contributed by atoms with Crippen molar-refractivity contribution in [1.82, 2.24) is 14.4 Å². The molecular formula is C13H18N4. The number of imidazole rings is 1. The van der Waals surface area contributed by atoms with Gasteiger partial charge in [-0.1, -0.05) is 6.92 Å². The monoisotopic (exact) mass is 230 g/mol. The van der Waals surface area contributed by atoms with Crippen molar-refractivity contribution in [3.63, 3.8) is 0 Å². The fraction of sp³-hybridized carbons (Fsp3) is 0.538. The first kappa shape index (κ1) is 10.7. The highest BCUT2D eigenvalue weighted by atomic mass is 15.1. The van der Waals surface area contributed by atoms with Crippen molar-refractivity contribution >= 4 is 5.78 Å². The van der Waals surface area contributed by atoms with Crippen molar-refractivity contribution in [2.24, 2.45) is 5.73 Å². The Hall–Kier alpha value is -1.42. The van der Waals surface area contributed by atoms with E-state index in [0.29, 0.717) is 0 Å². The van der Waals surface area contributed by atoms with E-state index in [1.165, 1.54) is 18.5 Å². The van der Waals surface area contributed by atoms with Crippen molar-refractivity contribution in [3.8, 4) is 0 Å². The zero-order valence-electron chi connectivity index (χ0n) is 10.2. The summed E-state index contributed by atoms with van der Waals surface area (Å²) < 4.78 is 2.10. The number of nitrogens with zero attached hydrogens (tertiary/aromatic N) is 3. The van der Waals surface area contributed by atoms with Crippen LogP contribution in [-0.4, -0.2) is 19.9 Å². The van der Waals surface area contributed by atoms with E-state index in [4.69, 9.17) is 5.73 Å². The molecule has 0 unspecified atom stereocenters. The van der Waals surface area contributed by atoms with Crippen LogP contribution in [0.1, 0.15) is 37.6 Å². The lowest BCUT2D eigenvalue weighted by Gasteiger charge is -2.08. The van der Waals surface area contributed by atoms with Crippen LogP contribution < -0.4 is 5.73 Å². The molecule has 2 aromatic rings. The molecule has 1 aliphatic rings. The van der Waals surface area contributed by atoms with Gasteiger partial charge in [0.1, 0.15) is 0 Å². The Morgan fingerprint density at radius 1 is 1.47 bits per heavy atom. The summed E-state index contributed by atoms with van der Waals surface area (Å²) in [6.07, 6.45) is 9.19. The second-order valence-corrected chi connectivity index (χ2v) is 5.01. The molecule has 1 fully saturated rings. The summed E-state index contributed by atoms with van der Waals surface area (Å²) in [6.45, 7) is 2.14. The van der Waals surface area contributed by atoms with Crippen LogP contribution in [0, 0.1) is 0 Å². The SMILES string of the molecule is CCc1nc2ncccn2c1CCC1(N)CC1. The largest absolute Gasteiger partial charge is 0.325 e. The Balaban J connectivity index is 1.94. The van der Waals surface area contributed by atoms with Gasteiger partial charge in [-0.25, -0.2) is 9.97 Å². The minimum absolute atomic E-state index is 0.109. The molecule has 0 aromatic carbocycles. The van der Waals surface area contributed by atoms with Gasteiger partial charge in [-0.05, 0) is 38.2 Å². The minimum atomic E-state index is 0.109. The van der Waals surface area contributed by atoms with Gasteiger partial charge in [0, 0.05) is 23.6 Å². The third kappa shape index (κ3) is 1.93. The first-order valence-corrected chi connectivity index (χ1v) is 6.31. The summed E-state index contributed by atoms with van der Waals surface area (Å²) in [4.78, 5) is 8.85. The zero-order chi connectivity index (χ0) is 11.9. The molecule has 1 aliphatic carbocycles. The van der Waals surface area contributed by atoms with Gasteiger partial charge in [-0.2, -0.15) is 0 Å². The maximum atomic E-state index is 6.15. The Bertz CT molecular complexity index is 539. The van der Waals surface area contributed by atoms with E-state index in [9.17, 15) is 0 Å². The predicted molar refractivity (Wildman–Crippen MR) is 66.8 cm³/mol. The van der Waals surface area contributed by atoms with Gasteiger partial charge in [0.15, 0.2) is 0 Å². The van der Waals surface area contributed by atoms with Crippen LogP contribution in [0.4, 0.5) is 0 Å². The second-order valence-electron chi connectivity index (χ2n) is 5.01. The van der Waals surface area contributed by atoms with Gasteiger partial charge in [0.25, 0.3) is 0 Å². The van der Waals surface area contributed by atoms with Gasteiger partial charge >= 0.3 is 0 Å². The Morgan fingerprint density at radius 3 is 3.00 bits per heavy atom. The third-order valence-electron chi connectivity index (χ3n) is 3.67. The van der Waals surface area contributed by atoms with E-state index in [2.05, 4.69) is 21.3 Å². The quantitative estimate of drug-likeness (QED) is 0.870. The molecule has 2 N–H and O–H groups in total. The van der Waals surface area contributed by atoms with E-state index in [-0.39, 0.29) is 5.54 Å². The molecule has 0 bridgehead atoms. The number of hydrogen-bond acceptors (Lipinski definition) is 3. The highest BCUT2D eigenvalue weighted by Crippen LogP contribution is 2.36. The first-order chi connectivity index (χ1) is 8.22. The van der Waals surface area contributed by atoms with Crippen LogP contribution in [0.15, 0.2) is 18.5 Å². The molecule has 4 nitrogen and oxygen atoms in total. The van der Waals surface area contributed by atoms with E-state index < -0.39 is 0 Å². The number of fused-ring (bicyclic) bond motifs is 1. The van der Waals surface area contributed by atoms with Gasteiger partial charge in [0.2, 0.25) is 5.78 Å². The van der Waals surface area contributed by atoms with E-state index in [1.807, 2.05) is 12.3 Å². The molecule has 17 heavy (non-hydrogen) atoms. The van der Waals surface area contributed by atoms with Gasteiger partial charge in [-0.15, -0.1) is 0 Å². The smallest absolute Gasteiger partial charge is 0.234 e. The summed E-state index contributed by atoms with van der Waals surface area (Å²) in [5, 5.41) is 0. The molecule has 0 atom stereocenters. The number of aromatic nitrogens is 3. The highest BCUT2D eigenvalue weighted by Gasteiger charge is 2.37. The zero-order valence-corrected chi connectivity index (χ0v) is 10.2. The fourth-order valence-electron chi connectivity index (χ4n) is 2.31. The van der Waals surface area contributed by atoms with E-state index in [1.54, 1.807) is 6.20 Å².